The molecular weight excluding hydrogens is 224 g/mol. The molecule has 0 bridgehead atoms. The maximum Gasteiger partial charge on any atom is 0.225 e. The van der Waals surface area contributed by atoms with Gasteiger partial charge in [0.05, 0.1) is 5.92 Å². The molecule has 18 heavy (non-hydrogen) atoms. The SMILES string of the molecule is CC1(NC(=O)C2CNc3ccccc3C2)CCC1. The summed E-state index contributed by atoms with van der Waals surface area (Å²) in [6, 6.07) is 8.25. The fourth-order valence-corrected chi connectivity index (χ4v) is 2.86. The Kier molecular flexibility index (Phi) is 2.77. The third-order valence-electron chi connectivity index (χ3n) is 4.28. The monoisotopic (exact) mass is 244 g/mol. The largest absolute Gasteiger partial charge is 0.384 e. The molecule has 3 heteroatoms. The molecular formula is C15H20N2O. The highest BCUT2D eigenvalue weighted by atomic mass is 16.2. The van der Waals surface area contributed by atoms with Gasteiger partial charge in [0.25, 0.3) is 0 Å². The van der Waals surface area contributed by atoms with Gasteiger partial charge in [-0.05, 0) is 44.2 Å². The van der Waals surface area contributed by atoms with Crippen molar-refractivity contribution in [3.05, 3.63) is 29.8 Å². The van der Waals surface area contributed by atoms with E-state index in [-0.39, 0.29) is 17.4 Å². The van der Waals surface area contributed by atoms with E-state index in [2.05, 4.69) is 29.7 Å². The van der Waals surface area contributed by atoms with Crippen molar-refractivity contribution in [2.24, 2.45) is 5.92 Å². The van der Waals surface area contributed by atoms with Crippen molar-refractivity contribution in [2.45, 2.75) is 38.1 Å². The normalized spacial score (nSPS) is 24.4. The molecule has 1 saturated carbocycles. The molecule has 1 aromatic carbocycles. The standard InChI is InChI=1S/C15H20N2O/c1-15(7-4-8-15)17-14(18)12-9-11-5-2-3-6-13(11)16-10-12/h2-3,5-6,12,16H,4,7-10H2,1H3,(H,17,18). The lowest BCUT2D eigenvalue weighted by Crippen LogP contribution is -2.54. The number of hydrogen-bond acceptors (Lipinski definition) is 2. The summed E-state index contributed by atoms with van der Waals surface area (Å²) in [5, 5.41) is 6.57. The third kappa shape index (κ3) is 2.09. The summed E-state index contributed by atoms with van der Waals surface area (Å²) < 4.78 is 0. The first-order valence-electron chi connectivity index (χ1n) is 6.80. The van der Waals surface area contributed by atoms with Crippen LogP contribution < -0.4 is 10.6 Å². The van der Waals surface area contributed by atoms with Crippen LogP contribution in [0.2, 0.25) is 0 Å². The second-order valence-electron chi connectivity index (χ2n) is 5.84. The van der Waals surface area contributed by atoms with Crippen LogP contribution in [0.25, 0.3) is 0 Å². The molecule has 1 unspecified atom stereocenters. The molecule has 1 aliphatic carbocycles. The molecule has 1 amide bonds. The first-order valence-corrected chi connectivity index (χ1v) is 6.80. The van der Waals surface area contributed by atoms with Gasteiger partial charge in [-0.3, -0.25) is 4.79 Å². The van der Waals surface area contributed by atoms with Crippen LogP contribution in [-0.4, -0.2) is 18.0 Å². The zero-order valence-corrected chi connectivity index (χ0v) is 10.8. The maximum atomic E-state index is 12.3. The number of benzene rings is 1. The van der Waals surface area contributed by atoms with Gasteiger partial charge in [-0.1, -0.05) is 18.2 Å². The van der Waals surface area contributed by atoms with Crippen molar-refractivity contribution in [3.63, 3.8) is 0 Å². The topological polar surface area (TPSA) is 41.1 Å². The lowest BCUT2D eigenvalue weighted by Gasteiger charge is -2.40. The highest BCUT2D eigenvalue weighted by Gasteiger charge is 2.35. The first kappa shape index (κ1) is 11.6. The van der Waals surface area contributed by atoms with E-state index in [1.54, 1.807) is 0 Å². The minimum absolute atomic E-state index is 0.0635. The molecule has 2 N–H and O–H groups in total. The van der Waals surface area contributed by atoms with Crippen LogP contribution in [0, 0.1) is 5.92 Å². The molecule has 2 aliphatic rings. The Morgan fingerprint density at radius 2 is 2.17 bits per heavy atom. The lowest BCUT2D eigenvalue weighted by molar-refractivity contribution is -0.127. The second kappa shape index (κ2) is 4.30. The summed E-state index contributed by atoms with van der Waals surface area (Å²) >= 11 is 0. The average Bonchev–Trinajstić information content (AvgIpc) is 2.36. The molecule has 3 rings (SSSR count). The number of rotatable bonds is 2. The van der Waals surface area contributed by atoms with E-state index in [0.717, 1.165) is 25.8 Å². The number of para-hydroxylation sites is 1. The molecule has 96 valence electrons. The van der Waals surface area contributed by atoms with Crippen LogP contribution in [-0.2, 0) is 11.2 Å². The smallest absolute Gasteiger partial charge is 0.225 e. The van der Waals surface area contributed by atoms with Crippen LogP contribution in [0.3, 0.4) is 0 Å². The highest BCUT2D eigenvalue weighted by molar-refractivity contribution is 5.81. The van der Waals surface area contributed by atoms with E-state index < -0.39 is 0 Å². The molecule has 1 heterocycles. The van der Waals surface area contributed by atoms with Gasteiger partial charge >= 0.3 is 0 Å². The zero-order valence-electron chi connectivity index (χ0n) is 10.8. The van der Waals surface area contributed by atoms with Crippen LogP contribution in [0.4, 0.5) is 5.69 Å². The number of carbonyl (C=O) groups excluding carboxylic acids is 1. The number of hydrogen-bond donors (Lipinski definition) is 2. The number of anilines is 1. The second-order valence-corrected chi connectivity index (χ2v) is 5.84. The summed E-state index contributed by atoms with van der Waals surface area (Å²) in [6.07, 6.45) is 4.33. The molecule has 1 aromatic rings. The molecule has 0 aromatic heterocycles. The van der Waals surface area contributed by atoms with Gasteiger partial charge in [-0.2, -0.15) is 0 Å². The Hall–Kier alpha value is -1.51. The van der Waals surface area contributed by atoms with Crippen molar-refractivity contribution in [2.75, 3.05) is 11.9 Å². The van der Waals surface area contributed by atoms with Gasteiger partial charge in [-0.15, -0.1) is 0 Å². The van der Waals surface area contributed by atoms with E-state index >= 15 is 0 Å². The van der Waals surface area contributed by atoms with Crippen molar-refractivity contribution in [3.8, 4) is 0 Å². The van der Waals surface area contributed by atoms with E-state index in [4.69, 9.17) is 0 Å². The van der Waals surface area contributed by atoms with Gasteiger partial charge in [0.1, 0.15) is 0 Å². The molecule has 0 spiro atoms. The summed E-state index contributed by atoms with van der Waals surface area (Å²) in [7, 11) is 0. The average molecular weight is 244 g/mol. The summed E-state index contributed by atoms with van der Waals surface area (Å²) in [6.45, 7) is 2.90. The Morgan fingerprint density at radius 3 is 2.89 bits per heavy atom. The molecule has 1 fully saturated rings. The molecule has 0 radical (unpaired) electrons. The van der Waals surface area contributed by atoms with Crippen LogP contribution >= 0.6 is 0 Å². The Labute approximate surface area is 108 Å². The highest BCUT2D eigenvalue weighted by Crippen LogP contribution is 2.32. The molecule has 3 nitrogen and oxygen atoms in total. The van der Waals surface area contributed by atoms with E-state index in [9.17, 15) is 4.79 Å². The summed E-state index contributed by atoms with van der Waals surface area (Å²) in [5.41, 5.74) is 2.49. The van der Waals surface area contributed by atoms with Crippen LogP contribution in [0.5, 0.6) is 0 Å². The minimum atomic E-state index is 0.0635. The van der Waals surface area contributed by atoms with Crippen LogP contribution in [0.15, 0.2) is 24.3 Å². The van der Waals surface area contributed by atoms with E-state index in [1.165, 1.54) is 17.7 Å². The van der Waals surface area contributed by atoms with Crippen molar-refractivity contribution in [1.82, 2.24) is 5.32 Å². The molecule has 1 atom stereocenters. The van der Waals surface area contributed by atoms with E-state index in [0.29, 0.717) is 0 Å². The molecule has 0 saturated heterocycles. The first-order chi connectivity index (χ1) is 8.66. The number of amides is 1. The summed E-state index contributed by atoms with van der Waals surface area (Å²) in [5.74, 6) is 0.275. The number of nitrogens with one attached hydrogen (secondary N) is 2. The van der Waals surface area contributed by atoms with E-state index in [1.807, 2.05) is 12.1 Å². The third-order valence-corrected chi connectivity index (χ3v) is 4.28. The van der Waals surface area contributed by atoms with Gasteiger partial charge in [0, 0.05) is 17.8 Å². The lowest BCUT2D eigenvalue weighted by atomic mass is 9.78. The van der Waals surface area contributed by atoms with Crippen molar-refractivity contribution >= 4 is 11.6 Å². The van der Waals surface area contributed by atoms with Crippen molar-refractivity contribution in [1.29, 1.82) is 0 Å². The van der Waals surface area contributed by atoms with Gasteiger partial charge < -0.3 is 10.6 Å². The maximum absolute atomic E-state index is 12.3. The van der Waals surface area contributed by atoms with Gasteiger partial charge in [-0.25, -0.2) is 0 Å². The zero-order chi connectivity index (χ0) is 12.6. The van der Waals surface area contributed by atoms with Crippen LogP contribution in [0.1, 0.15) is 31.7 Å². The van der Waals surface area contributed by atoms with Crippen molar-refractivity contribution < 1.29 is 4.79 Å². The molecule has 1 aliphatic heterocycles. The summed E-state index contributed by atoms with van der Waals surface area (Å²) in [4.78, 5) is 12.3. The predicted molar refractivity (Wildman–Crippen MR) is 72.5 cm³/mol. The van der Waals surface area contributed by atoms with Gasteiger partial charge in [0.15, 0.2) is 0 Å². The van der Waals surface area contributed by atoms with Gasteiger partial charge in [0.2, 0.25) is 5.91 Å². The quantitative estimate of drug-likeness (QED) is 0.838. The Balaban J connectivity index is 1.66. The Morgan fingerprint density at radius 1 is 1.39 bits per heavy atom. The Bertz CT molecular complexity index is 465. The fourth-order valence-electron chi connectivity index (χ4n) is 2.86. The number of fused-ring (bicyclic) bond motifs is 1. The predicted octanol–water partition coefficient (Wildman–Crippen LogP) is 2.33. The fraction of sp³-hybridized carbons (Fsp3) is 0.533. The number of carbonyl (C=O) groups is 1. The minimum Gasteiger partial charge on any atom is -0.384 e.